The first-order chi connectivity index (χ1) is 8.78. The van der Waals surface area contributed by atoms with Crippen LogP contribution in [0.15, 0.2) is 0 Å². The summed E-state index contributed by atoms with van der Waals surface area (Å²) in [5.74, 6) is -3.03. The molecule has 1 aliphatic heterocycles. The average Bonchev–Trinajstić information content (AvgIpc) is 2.34. The molecule has 0 bridgehead atoms. The lowest BCUT2D eigenvalue weighted by Gasteiger charge is -2.26. The number of halogens is 5. The molecule has 1 aliphatic rings. The fourth-order valence-corrected chi connectivity index (χ4v) is 3.35. The topological polar surface area (TPSA) is 23.8 Å². The van der Waals surface area contributed by atoms with Gasteiger partial charge in [0.1, 0.15) is 0 Å². The number of hydrogen-bond donors (Lipinski definition) is 0. The first kappa shape index (κ1) is 16.5. The van der Waals surface area contributed by atoms with Gasteiger partial charge in [-0.15, -0.1) is 0 Å². The summed E-state index contributed by atoms with van der Waals surface area (Å²) < 4.78 is 61.4. The van der Waals surface area contributed by atoms with Crippen LogP contribution in [0, 0.1) is 23.2 Å². The maximum atomic E-state index is 12.7. The Morgan fingerprint density at radius 2 is 1.74 bits per heavy atom. The van der Waals surface area contributed by atoms with E-state index >= 15 is 0 Å². The van der Waals surface area contributed by atoms with Gasteiger partial charge in [0.2, 0.25) is 0 Å². The maximum absolute atomic E-state index is 12.7. The quantitative estimate of drug-likeness (QED) is 0.691. The largest absolute Gasteiger partial charge is 0.453 e. The lowest BCUT2D eigenvalue weighted by molar-refractivity contribution is -0.284. The summed E-state index contributed by atoms with van der Waals surface area (Å²) in [5, 5.41) is 9.00. The van der Waals surface area contributed by atoms with Crippen molar-refractivity contribution in [2.75, 3.05) is 11.5 Å². The zero-order valence-corrected chi connectivity index (χ0v) is 11.2. The first-order valence-electron chi connectivity index (χ1n) is 6.20. The van der Waals surface area contributed by atoms with Crippen molar-refractivity contribution in [2.24, 2.45) is 11.8 Å². The Morgan fingerprint density at radius 3 is 2.21 bits per heavy atom. The Balaban J connectivity index is 2.40. The smallest absolute Gasteiger partial charge is 0.198 e. The van der Waals surface area contributed by atoms with Gasteiger partial charge in [-0.05, 0) is 43.1 Å². The van der Waals surface area contributed by atoms with E-state index in [2.05, 4.69) is 6.07 Å². The number of rotatable bonds is 5. The zero-order valence-electron chi connectivity index (χ0n) is 10.3. The van der Waals surface area contributed by atoms with Crippen molar-refractivity contribution >= 4 is 11.8 Å². The molecule has 0 aromatic carbocycles. The third-order valence-electron chi connectivity index (χ3n) is 3.42. The molecule has 1 fully saturated rings. The summed E-state index contributed by atoms with van der Waals surface area (Å²) in [5.41, 5.74) is 0. The van der Waals surface area contributed by atoms with Crippen molar-refractivity contribution in [1.82, 2.24) is 0 Å². The summed E-state index contributed by atoms with van der Waals surface area (Å²) in [6.07, 6.45) is -5.17. The van der Waals surface area contributed by atoms with E-state index in [0.29, 0.717) is 0 Å². The predicted molar refractivity (Wildman–Crippen MR) is 64.0 cm³/mol. The van der Waals surface area contributed by atoms with Gasteiger partial charge in [-0.1, -0.05) is 0 Å². The lowest BCUT2D eigenvalue weighted by atomic mass is 9.84. The van der Waals surface area contributed by atoms with Gasteiger partial charge < -0.3 is 0 Å². The van der Waals surface area contributed by atoms with Crippen LogP contribution in [0.3, 0.4) is 0 Å². The molecule has 1 heterocycles. The minimum atomic E-state index is -5.49. The lowest BCUT2D eigenvalue weighted by Crippen LogP contribution is -2.36. The third kappa shape index (κ3) is 4.83. The molecule has 0 aliphatic carbocycles. The van der Waals surface area contributed by atoms with E-state index in [9.17, 15) is 22.0 Å². The van der Waals surface area contributed by atoms with E-state index < -0.39 is 24.4 Å². The van der Waals surface area contributed by atoms with Crippen molar-refractivity contribution in [3.8, 4) is 6.07 Å². The second-order valence-electron chi connectivity index (χ2n) is 4.78. The van der Waals surface area contributed by atoms with Crippen molar-refractivity contribution in [2.45, 2.75) is 44.2 Å². The molecule has 19 heavy (non-hydrogen) atoms. The van der Waals surface area contributed by atoms with Crippen molar-refractivity contribution in [1.29, 1.82) is 5.26 Å². The number of nitriles is 1. The van der Waals surface area contributed by atoms with Gasteiger partial charge in [-0.2, -0.15) is 39.0 Å². The SMILES string of the molecule is N#CC(CCCC(F)(F)C(F)(F)F)C1CCSCC1. The average molecular weight is 301 g/mol. The van der Waals surface area contributed by atoms with Crippen LogP contribution < -0.4 is 0 Å². The predicted octanol–water partition coefficient (Wildman–Crippen LogP) is 4.64. The minimum Gasteiger partial charge on any atom is -0.198 e. The molecule has 0 amide bonds. The summed E-state index contributed by atoms with van der Waals surface area (Å²) >= 11 is 1.78. The van der Waals surface area contributed by atoms with E-state index in [1.54, 1.807) is 11.8 Å². The van der Waals surface area contributed by atoms with Crippen molar-refractivity contribution in [3.63, 3.8) is 0 Å². The highest BCUT2D eigenvalue weighted by Gasteiger charge is 2.56. The molecule has 0 aromatic rings. The molecule has 7 heteroatoms. The summed E-state index contributed by atoms with van der Waals surface area (Å²) in [6, 6.07) is 2.06. The van der Waals surface area contributed by atoms with Crippen molar-refractivity contribution in [3.05, 3.63) is 0 Å². The van der Waals surface area contributed by atoms with Crippen LogP contribution in [0.2, 0.25) is 0 Å². The van der Waals surface area contributed by atoms with Crippen LogP contribution in [0.1, 0.15) is 32.1 Å². The van der Waals surface area contributed by atoms with Gasteiger partial charge in [0, 0.05) is 12.3 Å². The number of thioether (sulfide) groups is 1. The van der Waals surface area contributed by atoms with Crippen LogP contribution in [-0.4, -0.2) is 23.6 Å². The monoisotopic (exact) mass is 301 g/mol. The van der Waals surface area contributed by atoms with Gasteiger partial charge in [0.05, 0.1) is 6.07 Å². The van der Waals surface area contributed by atoms with Crippen LogP contribution in [0.25, 0.3) is 0 Å². The molecule has 1 atom stereocenters. The molecule has 0 aromatic heterocycles. The summed E-state index contributed by atoms with van der Waals surface area (Å²) in [7, 11) is 0. The highest BCUT2D eigenvalue weighted by molar-refractivity contribution is 7.99. The summed E-state index contributed by atoms with van der Waals surface area (Å²) in [6.45, 7) is 0. The fourth-order valence-electron chi connectivity index (χ4n) is 2.21. The number of nitrogens with zero attached hydrogens (tertiary/aromatic N) is 1. The fraction of sp³-hybridized carbons (Fsp3) is 0.917. The molecule has 1 rings (SSSR count). The molecular formula is C12H16F5NS. The van der Waals surface area contributed by atoms with Gasteiger partial charge in [0.15, 0.2) is 0 Å². The highest BCUT2D eigenvalue weighted by atomic mass is 32.2. The van der Waals surface area contributed by atoms with E-state index in [0.717, 1.165) is 24.3 Å². The molecule has 1 nitrogen and oxygen atoms in total. The van der Waals surface area contributed by atoms with E-state index in [1.807, 2.05) is 0 Å². The Bertz CT molecular complexity index is 317. The first-order valence-corrected chi connectivity index (χ1v) is 7.35. The molecule has 0 N–H and O–H groups in total. The highest BCUT2D eigenvalue weighted by Crippen LogP contribution is 2.40. The Kier molecular flexibility index (Phi) is 5.90. The Morgan fingerprint density at radius 1 is 1.16 bits per heavy atom. The molecular weight excluding hydrogens is 285 g/mol. The molecule has 1 saturated heterocycles. The van der Waals surface area contributed by atoms with E-state index in [-0.39, 0.29) is 18.8 Å². The number of alkyl halides is 5. The summed E-state index contributed by atoms with van der Waals surface area (Å²) in [4.78, 5) is 0. The van der Waals surface area contributed by atoms with Gasteiger partial charge in [-0.3, -0.25) is 0 Å². The van der Waals surface area contributed by atoms with Gasteiger partial charge in [-0.25, -0.2) is 0 Å². The molecule has 1 unspecified atom stereocenters. The Hall–Kier alpha value is -0.510. The van der Waals surface area contributed by atoms with Gasteiger partial charge >= 0.3 is 12.1 Å². The van der Waals surface area contributed by atoms with Crippen LogP contribution in [0.5, 0.6) is 0 Å². The number of hydrogen-bond acceptors (Lipinski definition) is 2. The van der Waals surface area contributed by atoms with Crippen molar-refractivity contribution < 1.29 is 22.0 Å². The molecule has 0 spiro atoms. The second kappa shape index (κ2) is 6.78. The normalized spacial score (nSPS) is 20.0. The van der Waals surface area contributed by atoms with Gasteiger partial charge in [0.25, 0.3) is 0 Å². The van der Waals surface area contributed by atoms with Crippen LogP contribution in [0.4, 0.5) is 22.0 Å². The van der Waals surface area contributed by atoms with Crippen LogP contribution >= 0.6 is 11.8 Å². The molecule has 110 valence electrons. The molecule has 0 radical (unpaired) electrons. The van der Waals surface area contributed by atoms with Crippen LogP contribution in [-0.2, 0) is 0 Å². The third-order valence-corrected chi connectivity index (χ3v) is 4.47. The standard InChI is InChI=1S/C12H16F5NS/c13-11(14,12(15,16)17)5-1-2-10(8-18)9-3-6-19-7-4-9/h9-10H,1-7H2. The molecule has 0 saturated carbocycles. The maximum Gasteiger partial charge on any atom is 0.453 e. The van der Waals surface area contributed by atoms with E-state index in [4.69, 9.17) is 5.26 Å². The zero-order chi connectivity index (χ0) is 14.5. The minimum absolute atomic E-state index is 0.123. The van der Waals surface area contributed by atoms with E-state index in [1.165, 1.54) is 0 Å². The second-order valence-corrected chi connectivity index (χ2v) is 6.00. The Labute approximate surface area is 113 Å².